The number of benzene rings is 1. The number of nitro groups is 1. The second kappa shape index (κ2) is 8.59. The van der Waals surface area contributed by atoms with Crippen LogP contribution < -0.4 is 0 Å². The van der Waals surface area contributed by atoms with Gasteiger partial charge in [0.1, 0.15) is 0 Å². The van der Waals surface area contributed by atoms with Crippen molar-refractivity contribution in [3.63, 3.8) is 0 Å². The molecule has 0 aliphatic heterocycles. The van der Waals surface area contributed by atoms with Gasteiger partial charge < -0.3 is 0 Å². The van der Waals surface area contributed by atoms with E-state index in [4.69, 9.17) is 0 Å². The van der Waals surface area contributed by atoms with Crippen LogP contribution in [0.4, 0.5) is 5.69 Å². The van der Waals surface area contributed by atoms with Crippen LogP contribution >= 0.6 is 0 Å². The fraction of sp³-hybridized carbons (Fsp3) is 0.417. The maximum atomic E-state index is 10.6. The highest BCUT2D eigenvalue weighted by Crippen LogP contribution is 2.15. The molecule has 0 saturated heterocycles. The lowest BCUT2D eigenvalue weighted by atomic mass is 10.2. The van der Waals surface area contributed by atoms with Crippen LogP contribution in [0.3, 0.4) is 0 Å². The Morgan fingerprint density at radius 3 is 2.56 bits per heavy atom. The molecule has 16 heavy (non-hydrogen) atoms. The SMILES string of the molecule is CC.CCCN=Cc1ccccc1[N+](=O)[O-]. The van der Waals surface area contributed by atoms with Crippen LogP contribution in [0, 0.1) is 10.1 Å². The Kier molecular flexibility index (Phi) is 7.67. The molecular formula is C12H18N2O2. The zero-order chi connectivity index (χ0) is 12.4. The number of para-hydroxylation sites is 1. The Hall–Kier alpha value is -1.71. The Labute approximate surface area is 96.2 Å². The maximum absolute atomic E-state index is 10.6. The third-order valence-corrected chi connectivity index (χ3v) is 1.72. The monoisotopic (exact) mass is 222 g/mol. The van der Waals surface area contributed by atoms with E-state index >= 15 is 0 Å². The van der Waals surface area contributed by atoms with E-state index in [9.17, 15) is 10.1 Å². The molecule has 4 nitrogen and oxygen atoms in total. The minimum Gasteiger partial charge on any atom is -0.292 e. The molecule has 1 aromatic carbocycles. The van der Waals surface area contributed by atoms with Gasteiger partial charge in [-0.05, 0) is 12.5 Å². The topological polar surface area (TPSA) is 55.5 Å². The molecule has 0 aliphatic rings. The van der Waals surface area contributed by atoms with Crippen molar-refractivity contribution in [3.8, 4) is 0 Å². The van der Waals surface area contributed by atoms with E-state index < -0.39 is 4.92 Å². The van der Waals surface area contributed by atoms with Crippen molar-refractivity contribution in [2.45, 2.75) is 27.2 Å². The van der Waals surface area contributed by atoms with Gasteiger partial charge in [-0.15, -0.1) is 0 Å². The third kappa shape index (κ3) is 4.68. The number of nitro benzene ring substituents is 1. The first kappa shape index (κ1) is 14.3. The Balaban J connectivity index is 0.00000106. The molecular weight excluding hydrogens is 204 g/mol. The summed E-state index contributed by atoms with van der Waals surface area (Å²) >= 11 is 0. The van der Waals surface area contributed by atoms with Crippen LogP contribution in [0.15, 0.2) is 29.3 Å². The van der Waals surface area contributed by atoms with Gasteiger partial charge in [0.25, 0.3) is 5.69 Å². The van der Waals surface area contributed by atoms with E-state index in [0.717, 1.165) is 6.42 Å². The maximum Gasteiger partial charge on any atom is 0.278 e. The normalized spacial score (nSPS) is 9.69. The molecule has 4 heteroatoms. The lowest BCUT2D eigenvalue weighted by molar-refractivity contribution is -0.385. The molecule has 88 valence electrons. The van der Waals surface area contributed by atoms with Crippen LogP contribution in [0.5, 0.6) is 0 Å². The smallest absolute Gasteiger partial charge is 0.278 e. The van der Waals surface area contributed by atoms with Crippen LogP contribution in [0.1, 0.15) is 32.8 Å². The van der Waals surface area contributed by atoms with Gasteiger partial charge in [-0.1, -0.05) is 32.9 Å². The first-order chi connectivity index (χ1) is 7.75. The minimum absolute atomic E-state index is 0.104. The van der Waals surface area contributed by atoms with Gasteiger partial charge >= 0.3 is 0 Å². The van der Waals surface area contributed by atoms with Crippen molar-refractivity contribution in [2.24, 2.45) is 4.99 Å². The second-order valence-electron chi connectivity index (χ2n) is 2.85. The van der Waals surface area contributed by atoms with E-state index in [2.05, 4.69) is 4.99 Å². The summed E-state index contributed by atoms with van der Waals surface area (Å²) in [5.74, 6) is 0. The van der Waals surface area contributed by atoms with Crippen molar-refractivity contribution in [2.75, 3.05) is 6.54 Å². The zero-order valence-corrected chi connectivity index (χ0v) is 10.0. The standard InChI is InChI=1S/C10H12N2O2.C2H6/c1-2-7-11-8-9-5-3-4-6-10(9)12(13)14;1-2/h3-6,8H,2,7H2,1H3;1-2H3. The summed E-state index contributed by atoms with van der Waals surface area (Å²) in [6.07, 6.45) is 2.50. The van der Waals surface area contributed by atoms with Crippen LogP contribution in [-0.4, -0.2) is 17.7 Å². The van der Waals surface area contributed by atoms with Crippen molar-refractivity contribution >= 4 is 11.9 Å². The molecule has 0 bridgehead atoms. The lowest BCUT2D eigenvalue weighted by Gasteiger charge is -1.95. The minimum atomic E-state index is -0.396. The number of hydrogen-bond donors (Lipinski definition) is 0. The first-order valence-corrected chi connectivity index (χ1v) is 5.49. The summed E-state index contributed by atoms with van der Waals surface area (Å²) in [6, 6.07) is 6.58. The quantitative estimate of drug-likeness (QED) is 0.445. The summed E-state index contributed by atoms with van der Waals surface area (Å²) in [6.45, 7) is 6.71. The van der Waals surface area contributed by atoms with Gasteiger partial charge in [0.15, 0.2) is 0 Å². The van der Waals surface area contributed by atoms with Gasteiger partial charge in [0.05, 0.1) is 10.5 Å². The van der Waals surface area contributed by atoms with Gasteiger partial charge in [0, 0.05) is 18.8 Å². The van der Waals surface area contributed by atoms with Crippen molar-refractivity contribution < 1.29 is 4.92 Å². The fourth-order valence-corrected chi connectivity index (χ4v) is 1.05. The number of nitrogens with zero attached hydrogens (tertiary/aromatic N) is 2. The summed E-state index contributed by atoms with van der Waals surface area (Å²) in [4.78, 5) is 14.3. The third-order valence-electron chi connectivity index (χ3n) is 1.72. The van der Waals surface area contributed by atoms with E-state index in [1.807, 2.05) is 20.8 Å². The first-order valence-electron chi connectivity index (χ1n) is 5.49. The summed E-state index contributed by atoms with van der Waals surface area (Å²) in [5, 5.41) is 10.6. The second-order valence-corrected chi connectivity index (χ2v) is 2.85. The van der Waals surface area contributed by atoms with E-state index in [0.29, 0.717) is 12.1 Å². The van der Waals surface area contributed by atoms with E-state index in [1.54, 1.807) is 24.4 Å². The number of hydrogen-bond acceptors (Lipinski definition) is 3. The number of rotatable bonds is 4. The Bertz CT molecular complexity index is 349. The average molecular weight is 222 g/mol. The summed E-state index contributed by atoms with van der Waals surface area (Å²) in [7, 11) is 0. The average Bonchev–Trinajstić information content (AvgIpc) is 2.32. The lowest BCUT2D eigenvalue weighted by Crippen LogP contribution is -1.94. The fourth-order valence-electron chi connectivity index (χ4n) is 1.05. The highest BCUT2D eigenvalue weighted by Gasteiger charge is 2.09. The molecule has 0 spiro atoms. The van der Waals surface area contributed by atoms with Crippen molar-refractivity contribution in [1.82, 2.24) is 0 Å². The summed E-state index contributed by atoms with van der Waals surface area (Å²) < 4.78 is 0. The number of aliphatic imine (C=N–C) groups is 1. The molecule has 0 unspecified atom stereocenters. The van der Waals surface area contributed by atoms with Crippen molar-refractivity contribution in [3.05, 3.63) is 39.9 Å². The van der Waals surface area contributed by atoms with Crippen molar-refractivity contribution in [1.29, 1.82) is 0 Å². The van der Waals surface area contributed by atoms with Crippen LogP contribution in [0.25, 0.3) is 0 Å². The van der Waals surface area contributed by atoms with Crippen LogP contribution in [-0.2, 0) is 0 Å². The van der Waals surface area contributed by atoms with Gasteiger partial charge in [-0.25, -0.2) is 0 Å². The highest BCUT2D eigenvalue weighted by molar-refractivity contribution is 5.85. The Morgan fingerprint density at radius 2 is 2.00 bits per heavy atom. The summed E-state index contributed by atoms with van der Waals surface area (Å²) in [5.41, 5.74) is 0.665. The zero-order valence-electron chi connectivity index (χ0n) is 10.0. The molecule has 0 radical (unpaired) electrons. The Morgan fingerprint density at radius 1 is 1.38 bits per heavy atom. The van der Waals surface area contributed by atoms with Gasteiger partial charge in [-0.2, -0.15) is 0 Å². The molecule has 0 heterocycles. The predicted octanol–water partition coefficient (Wildman–Crippen LogP) is 3.45. The largest absolute Gasteiger partial charge is 0.292 e. The molecule has 0 aromatic heterocycles. The highest BCUT2D eigenvalue weighted by atomic mass is 16.6. The molecule has 0 amide bonds. The molecule has 0 fully saturated rings. The molecule has 0 aliphatic carbocycles. The van der Waals surface area contributed by atoms with Crippen LogP contribution in [0.2, 0.25) is 0 Å². The predicted molar refractivity (Wildman–Crippen MR) is 67.2 cm³/mol. The molecule has 1 rings (SSSR count). The molecule has 1 aromatic rings. The molecule has 0 atom stereocenters. The molecule has 0 saturated carbocycles. The van der Waals surface area contributed by atoms with Gasteiger partial charge in [-0.3, -0.25) is 15.1 Å². The van der Waals surface area contributed by atoms with E-state index in [-0.39, 0.29) is 5.69 Å². The van der Waals surface area contributed by atoms with Gasteiger partial charge in [0.2, 0.25) is 0 Å². The van der Waals surface area contributed by atoms with E-state index in [1.165, 1.54) is 6.07 Å². The molecule has 0 N–H and O–H groups in total.